The van der Waals surface area contributed by atoms with Crippen LogP contribution in [0.3, 0.4) is 0 Å². The van der Waals surface area contributed by atoms with E-state index >= 15 is 0 Å². The van der Waals surface area contributed by atoms with Crippen molar-refractivity contribution in [3.8, 4) is 33.4 Å². The van der Waals surface area contributed by atoms with Crippen LogP contribution in [-0.4, -0.2) is 4.98 Å². The van der Waals surface area contributed by atoms with E-state index in [1.807, 2.05) is 18.3 Å². The molecule has 0 fully saturated rings. The SMILES string of the molecule is c1ccc(-c2cccc(-c3c4ccccc4c(-c4ccc(N(c5ccccn5)c5cccc6ccccc56)cc4)c4ccccc34)c2)cc1. The smallest absolute Gasteiger partial charge is 0.137 e. The van der Waals surface area contributed by atoms with Crippen LogP contribution in [0.1, 0.15) is 0 Å². The van der Waals surface area contributed by atoms with Crippen molar-refractivity contribution in [3.63, 3.8) is 0 Å². The third kappa shape index (κ3) is 5.11. The molecule has 0 atom stereocenters. The number of fused-ring (bicyclic) bond motifs is 3. The van der Waals surface area contributed by atoms with Gasteiger partial charge in [0.2, 0.25) is 0 Å². The Labute approximate surface area is 286 Å². The van der Waals surface area contributed by atoms with Crippen LogP contribution in [0.5, 0.6) is 0 Å². The van der Waals surface area contributed by atoms with Crippen molar-refractivity contribution >= 4 is 49.5 Å². The minimum Gasteiger partial charge on any atom is -0.294 e. The normalized spacial score (nSPS) is 11.3. The van der Waals surface area contributed by atoms with Gasteiger partial charge in [-0.15, -0.1) is 0 Å². The first-order valence-corrected chi connectivity index (χ1v) is 16.7. The molecule has 1 heterocycles. The highest BCUT2D eigenvalue weighted by atomic mass is 15.2. The third-order valence-electron chi connectivity index (χ3n) is 9.49. The summed E-state index contributed by atoms with van der Waals surface area (Å²) in [5.74, 6) is 0.879. The Morgan fingerprint density at radius 1 is 0.347 bits per heavy atom. The van der Waals surface area contributed by atoms with Crippen LogP contribution >= 0.6 is 0 Å². The van der Waals surface area contributed by atoms with Gasteiger partial charge in [0, 0.05) is 17.3 Å². The van der Waals surface area contributed by atoms with Gasteiger partial charge in [0.15, 0.2) is 0 Å². The predicted octanol–water partition coefficient (Wildman–Crippen LogP) is 13.0. The number of rotatable bonds is 6. The summed E-state index contributed by atoms with van der Waals surface area (Å²) >= 11 is 0. The maximum absolute atomic E-state index is 4.79. The van der Waals surface area contributed by atoms with Crippen LogP contribution in [0.25, 0.3) is 65.7 Å². The largest absolute Gasteiger partial charge is 0.294 e. The second-order valence-corrected chi connectivity index (χ2v) is 12.4. The van der Waals surface area contributed by atoms with Gasteiger partial charge in [0.05, 0.1) is 5.69 Å². The second kappa shape index (κ2) is 12.3. The molecule has 0 saturated carbocycles. The monoisotopic (exact) mass is 624 g/mol. The fraction of sp³-hybridized carbons (Fsp3) is 0. The van der Waals surface area contributed by atoms with Crippen LogP contribution in [0, 0.1) is 0 Å². The van der Waals surface area contributed by atoms with Crippen molar-refractivity contribution in [2.24, 2.45) is 0 Å². The summed E-state index contributed by atoms with van der Waals surface area (Å²) in [7, 11) is 0. The average Bonchev–Trinajstić information content (AvgIpc) is 3.18. The van der Waals surface area contributed by atoms with Gasteiger partial charge in [-0.05, 0) is 96.7 Å². The molecule has 0 aliphatic rings. The van der Waals surface area contributed by atoms with Gasteiger partial charge >= 0.3 is 0 Å². The summed E-state index contributed by atoms with van der Waals surface area (Å²) in [6, 6.07) is 67.4. The maximum Gasteiger partial charge on any atom is 0.137 e. The van der Waals surface area contributed by atoms with Crippen LogP contribution in [0.4, 0.5) is 17.2 Å². The van der Waals surface area contributed by atoms with Crippen molar-refractivity contribution < 1.29 is 0 Å². The first-order chi connectivity index (χ1) is 24.3. The average molecular weight is 625 g/mol. The molecule has 230 valence electrons. The topological polar surface area (TPSA) is 16.1 Å². The molecule has 1 aromatic heterocycles. The predicted molar refractivity (Wildman–Crippen MR) is 208 cm³/mol. The van der Waals surface area contributed by atoms with E-state index in [1.165, 1.54) is 65.7 Å². The molecule has 9 aromatic rings. The molecule has 0 amide bonds. The molecule has 49 heavy (non-hydrogen) atoms. The van der Waals surface area contributed by atoms with Crippen molar-refractivity contribution in [1.82, 2.24) is 4.98 Å². The molecule has 0 unspecified atom stereocenters. The lowest BCUT2D eigenvalue weighted by molar-refractivity contribution is 1.19. The lowest BCUT2D eigenvalue weighted by atomic mass is 9.85. The molecular weight excluding hydrogens is 593 g/mol. The Balaban J connectivity index is 1.22. The van der Waals surface area contributed by atoms with E-state index in [0.717, 1.165) is 17.2 Å². The number of pyridine rings is 1. The zero-order valence-corrected chi connectivity index (χ0v) is 26.9. The number of benzene rings is 8. The van der Waals surface area contributed by atoms with E-state index < -0.39 is 0 Å². The van der Waals surface area contributed by atoms with Gasteiger partial charge in [0.25, 0.3) is 0 Å². The lowest BCUT2D eigenvalue weighted by Gasteiger charge is -2.26. The first kappa shape index (κ1) is 28.7. The van der Waals surface area contributed by atoms with Crippen molar-refractivity contribution in [1.29, 1.82) is 0 Å². The molecular formula is C47H32N2. The summed E-state index contributed by atoms with van der Waals surface area (Å²) in [5.41, 5.74) is 9.50. The van der Waals surface area contributed by atoms with Crippen molar-refractivity contribution in [2.75, 3.05) is 4.90 Å². The Kier molecular flexibility index (Phi) is 7.18. The molecule has 9 rings (SSSR count). The number of nitrogens with zero attached hydrogens (tertiary/aromatic N) is 2. The number of anilines is 3. The second-order valence-electron chi connectivity index (χ2n) is 12.4. The summed E-state index contributed by atoms with van der Waals surface area (Å²) in [4.78, 5) is 7.05. The van der Waals surface area contributed by atoms with Gasteiger partial charge in [0.1, 0.15) is 5.82 Å². The summed E-state index contributed by atoms with van der Waals surface area (Å²) in [5, 5.41) is 7.36. The molecule has 0 aliphatic carbocycles. The quantitative estimate of drug-likeness (QED) is 0.171. The fourth-order valence-electron chi connectivity index (χ4n) is 7.30. The molecule has 0 aliphatic heterocycles. The minimum absolute atomic E-state index is 0.879. The van der Waals surface area contributed by atoms with Crippen LogP contribution in [0.2, 0.25) is 0 Å². The van der Waals surface area contributed by atoms with Crippen LogP contribution in [0.15, 0.2) is 194 Å². The van der Waals surface area contributed by atoms with Gasteiger partial charge < -0.3 is 0 Å². The van der Waals surface area contributed by atoms with E-state index in [4.69, 9.17) is 4.98 Å². The molecule has 0 spiro atoms. The fourth-order valence-corrected chi connectivity index (χ4v) is 7.30. The zero-order chi connectivity index (χ0) is 32.6. The highest BCUT2D eigenvalue weighted by Gasteiger charge is 2.19. The Bertz CT molecular complexity index is 2530. The Morgan fingerprint density at radius 2 is 0.878 bits per heavy atom. The van der Waals surface area contributed by atoms with Gasteiger partial charge in [-0.2, -0.15) is 0 Å². The summed E-state index contributed by atoms with van der Waals surface area (Å²) in [6.45, 7) is 0. The van der Waals surface area contributed by atoms with E-state index in [0.29, 0.717) is 0 Å². The lowest BCUT2D eigenvalue weighted by Crippen LogP contribution is -2.11. The number of aromatic nitrogens is 1. The van der Waals surface area contributed by atoms with E-state index in [-0.39, 0.29) is 0 Å². The molecule has 0 bridgehead atoms. The molecule has 0 saturated heterocycles. The van der Waals surface area contributed by atoms with E-state index in [2.05, 4.69) is 181 Å². The van der Waals surface area contributed by atoms with E-state index in [9.17, 15) is 0 Å². The van der Waals surface area contributed by atoms with Crippen LogP contribution in [-0.2, 0) is 0 Å². The Morgan fingerprint density at radius 3 is 1.55 bits per heavy atom. The first-order valence-electron chi connectivity index (χ1n) is 16.7. The van der Waals surface area contributed by atoms with Gasteiger partial charge in [-0.1, -0.05) is 152 Å². The van der Waals surface area contributed by atoms with E-state index in [1.54, 1.807) is 0 Å². The molecule has 8 aromatic carbocycles. The van der Waals surface area contributed by atoms with Gasteiger partial charge in [-0.25, -0.2) is 4.98 Å². The molecule has 2 heteroatoms. The van der Waals surface area contributed by atoms with Crippen LogP contribution < -0.4 is 4.90 Å². The van der Waals surface area contributed by atoms with Crippen molar-refractivity contribution in [3.05, 3.63) is 194 Å². The number of hydrogen-bond donors (Lipinski definition) is 0. The highest BCUT2D eigenvalue weighted by Crippen LogP contribution is 2.45. The maximum atomic E-state index is 4.79. The zero-order valence-electron chi connectivity index (χ0n) is 26.9. The molecule has 0 N–H and O–H groups in total. The molecule has 0 radical (unpaired) electrons. The summed E-state index contributed by atoms with van der Waals surface area (Å²) < 4.78 is 0. The van der Waals surface area contributed by atoms with Crippen molar-refractivity contribution in [2.45, 2.75) is 0 Å². The Hall–Kier alpha value is -6.51. The third-order valence-corrected chi connectivity index (χ3v) is 9.49. The standard InChI is InChI=1S/C47H32N2/c1-2-14-33(15-3-1)36-18-12-19-37(32-36)47-42-23-8-6-21-40(42)46(41-22-7-9-24-43(41)47)35-27-29-38(30-28-35)49(45-26-10-11-31-48-45)44-25-13-17-34-16-4-5-20-39(34)44/h1-32H. The molecule has 2 nitrogen and oxygen atoms in total. The highest BCUT2D eigenvalue weighted by molar-refractivity contribution is 6.21. The summed E-state index contributed by atoms with van der Waals surface area (Å²) in [6.07, 6.45) is 1.86. The minimum atomic E-state index is 0.879. The van der Waals surface area contributed by atoms with Gasteiger partial charge in [-0.3, -0.25) is 4.90 Å². The number of hydrogen-bond acceptors (Lipinski definition) is 2.